The van der Waals surface area contributed by atoms with Gasteiger partial charge in [-0.25, -0.2) is 0 Å². The van der Waals surface area contributed by atoms with Crippen LogP contribution in [0.25, 0.3) is 0 Å². The summed E-state index contributed by atoms with van der Waals surface area (Å²) in [6.07, 6.45) is -0.0528. The molecule has 3 aromatic carbocycles. The Morgan fingerprint density at radius 3 is 2.20 bits per heavy atom. The van der Waals surface area contributed by atoms with Crippen LogP contribution in [0.1, 0.15) is 53.3 Å². The number of nitrogens with zero attached hydrogens (tertiary/aromatic N) is 2. The van der Waals surface area contributed by atoms with E-state index in [1.54, 1.807) is 78.3 Å². The second kappa shape index (κ2) is 11.8. The van der Waals surface area contributed by atoms with Crippen molar-refractivity contribution < 1.29 is 19.5 Å². The van der Waals surface area contributed by atoms with Crippen LogP contribution in [0.5, 0.6) is 0 Å². The predicted octanol–water partition coefficient (Wildman–Crippen LogP) is 6.94. The lowest BCUT2D eigenvalue weighted by Crippen LogP contribution is -2.18. The van der Waals surface area contributed by atoms with Gasteiger partial charge in [-0.05, 0) is 60.0 Å². The van der Waals surface area contributed by atoms with E-state index in [0.29, 0.717) is 15.5 Å². The number of hydrogen-bond donors (Lipinski definition) is 1. The second-order valence-electron chi connectivity index (χ2n) is 9.01. The molecule has 1 unspecified atom stereocenters. The van der Waals surface area contributed by atoms with Crippen LogP contribution in [0.3, 0.4) is 0 Å². The molecule has 0 amide bonds. The highest BCUT2D eigenvalue weighted by atomic mass is 35.5. The van der Waals surface area contributed by atoms with E-state index in [0.717, 1.165) is 11.4 Å². The molecule has 0 spiro atoms. The lowest BCUT2D eigenvalue weighted by Gasteiger charge is -2.19. The van der Waals surface area contributed by atoms with E-state index in [-0.39, 0.29) is 28.2 Å². The Kier molecular flexibility index (Phi) is 7.98. The number of thiophene rings is 1. The molecule has 0 radical (unpaired) electrons. The number of carbonyl (C=O) groups is 3. The van der Waals surface area contributed by atoms with Gasteiger partial charge in [-0.1, -0.05) is 54.1 Å². The lowest BCUT2D eigenvalue weighted by molar-refractivity contribution is 0.0744. The largest absolute Gasteiger partial charge is 0.380 e. The maximum absolute atomic E-state index is 13.4. The molecule has 1 N–H and O–H groups in total. The summed E-state index contributed by atoms with van der Waals surface area (Å²) in [6.45, 7) is 0. The van der Waals surface area contributed by atoms with Gasteiger partial charge in [0.2, 0.25) is 11.6 Å². The summed E-state index contributed by atoms with van der Waals surface area (Å²) >= 11 is 7.24. The number of halogens is 1. The highest BCUT2D eigenvalue weighted by Crippen LogP contribution is 2.29. The number of Topliss-reactive ketones (excluding diaryl/α,β-unsaturated/α-hetero) is 1. The number of pyridine rings is 1. The van der Waals surface area contributed by atoms with Crippen molar-refractivity contribution in [1.29, 1.82) is 0 Å². The molecule has 6 nitrogen and oxygen atoms in total. The predicted molar refractivity (Wildman–Crippen MR) is 157 cm³/mol. The molecule has 0 aliphatic heterocycles. The van der Waals surface area contributed by atoms with Crippen molar-refractivity contribution in [1.82, 2.24) is 4.98 Å². The Hall–Kier alpha value is -4.43. The molecule has 2 aromatic heterocycles. The van der Waals surface area contributed by atoms with Gasteiger partial charge in [0.1, 0.15) is 11.8 Å². The molecule has 1 atom stereocenters. The molecule has 0 aliphatic carbocycles. The summed E-state index contributed by atoms with van der Waals surface area (Å²) in [5.41, 5.74) is 2.56. The van der Waals surface area contributed by atoms with Crippen molar-refractivity contribution in [2.45, 2.75) is 6.10 Å². The third-order valence-corrected chi connectivity index (χ3v) is 7.61. The number of hydrogen-bond acceptors (Lipinski definition) is 7. The monoisotopic (exact) mass is 566 g/mol. The van der Waals surface area contributed by atoms with Crippen LogP contribution in [-0.4, -0.2) is 34.5 Å². The standard InChI is InChI=1S/C32H23ClN2O4S/c1-35(23-12-10-22(33)11-13-23)24-14-16-27(34-19-24)29(36)21-9-15-25(31(38)28-8-5-17-40-28)26(18-21)32(39)30(37)20-6-3-2-4-7-20/h2-19,32,39H,1H3. The first-order valence-corrected chi connectivity index (χ1v) is 13.6. The van der Waals surface area contributed by atoms with Gasteiger partial charge in [0, 0.05) is 40.0 Å². The zero-order valence-electron chi connectivity index (χ0n) is 21.3. The summed E-state index contributed by atoms with van der Waals surface area (Å²) in [4.78, 5) is 46.5. The normalized spacial score (nSPS) is 11.6. The fraction of sp³-hybridized carbons (Fsp3) is 0.0625. The molecule has 0 bridgehead atoms. The highest BCUT2D eigenvalue weighted by Gasteiger charge is 2.27. The smallest absolute Gasteiger partial charge is 0.211 e. The highest BCUT2D eigenvalue weighted by molar-refractivity contribution is 7.12. The minimum atomic E-state index is -1.64. The number of benzene rings is 3. The van der Waals surface area contributed by atoms with Gasteiger partial charge in [-0.2, -0.15) is 0 Å². The van der Waals surface area contributed by atoms with E-state index in [1.807, 2.05) is 24.1 Å². The second-order valence-corrected chi connectivity index (χ2v) is 10.4. The number of ketones is 3. The van der Waals surface area contributed by atoms with Crippen molar-refractivity contribution in [3.05, 3.63) is 146 Å². The van der Waals surface area contributed by atoms with Crippen molar-refractivity contribution in [2.75, 3.05) is 11.9 Å². The molecule has 40 heavy (non-hydrogen) atoms. The number of aliphatic hydroxyl groups is 1. The topological polar surface area (TPSA) is 87.6 Å². The van der Waals surface area contributed by atoms with E-state index >= 15 is 0 Å². The van der Waals surface area contributed by atoms with Gasteiger partial charge in [0.15, 0.2) is 5.78 Å². The molecule has 0 fully saturated rings. The third-order valence-electron chi connectivity index (χ3n) is 6.49. The lowest BCUT2D eigenvalue weighted by atomic mass is 9.91. The zero-order chi connectivity index (χ0) is 28.2. The summed E-state index contributed by atoms with van der Waals surface area (Å²) in [5, 5.41) is 13.5. The first kappa shape index (κ1) is 27.1. The number of carbonyl (C=O) groups excluding carboxylic acids is 3. The van der Waals surface area contributed by atoms with Gasteiger partial charge in [0.25, 0.3) is 0 Å². The molecule has 2 heterocycles. The van der Waals surface area contributed by atoms with E-state index in [9.17, 15) is 19.5 Å². The number of aliphatic hydroxyl groups excluding tert-OH is 1. The fourth-order valence-corrected chi connectivity index (χ4v) is 5.06. The third kappa shape index (κ3) is 5.62. The maximum Gasteiger partial charge on any atom is 0.211 e. The Balaban J connectivity index is 1.47. The summed E-state index contributed by atoms with van der Waals surface area (Å²) in [7, 11) is 1.88. The Morgan fingerprint density at radius 2 is 1.55 bits per heavy atom. The zero-order valence-corrected chi connectivity index (χ0v) is 22.9. The molecule has 0 saturated carbocycles. The van der Waals surface area contributed by atoms with Crippen LogP contribution >= 0.6 is 22.9 Å². The van der Waals surface area contributed by atoms with Crippen LogP contribution in [0.15, 0.2) is 109 Å². The Bertz CT molecular complexity index is 1670. The first-order valence-electron chi connectivity index (χ1n) is 12.3. The maximum atomic E-state index is 13.4. The van der Waals surface area contributed by atoms with Crippen LogP contribution in [-0.2, 0) is 0 Å². The molecule has 198 valence electrons. The van der Waals surface area contributed by atoms with Gasteiger partial charge in [0.05, 0.1) is 16.8 Å². The number of rotatable bonds is 9. The molecule has 8 heteroatoms. The number of aromatic nitrogens is 1. The van der Waals surface area contributed by atoms with Gasteiger partial charge >= 0.3 is 0 Å². The van der Waals surface area contributed by atoms with Crippen molar-refractivity contribution in [3.8, 4) is 0 Å². The molecular weight excluding hydrogens is 544 g/mol. The van der Waals surface area contributed by atoms with Crippen molar-refractivity contribution in [2.24, 2.45) is 0 Å². The van der Waals surface area contributed by atoms with Crippen molar-refractivity contribution in [3.63, 3.8) is 0 Å². The summed E-state index contributed by atoms with van der Waals surface area (Å²) in [6, 6.07) is 26.9. The molecule has 0 aliphatic rings. The average Bonchev–Trinajstić information content (AvgIpc) is 3.55. The summed E-state index contributed by atoms with van der Waals surface area (Å²) < 4.78 is 0. The van der Waals surface area contributed by atoms with Crippen LogP contribution < -0.4 is 4.90 Å². The SMILES string of the molecule is CN(c1ccc(Cl)cc1)c1ccc(C(=O)c2ccc(C(=O)c3cccs3)c(C(O)C(=O)c3ccccc3)c2)nc1. The van der Waals surface area contributed by atoms with Crippen molar-refractivity contribution >= 4 is 51.7 Å². The Labute approximate surface area is 240 Å². The first-order chi connectivity index (χ1) is 19.3. The minimum absolute atomic E-state index is 0.0668. The molecular formula is C32H23ClN2O4S. The number of anilines is 2. The minimum Gasteiger partial charge on any atom is -0.380 e. The fourth-order valence-electron chi connectivity index (χ4n) is 4.26. The summed E-state index contributed by atoms with van der Waals surface area (Å²) in [5.74, 6) is -1.31. The van der Waals surface area contributed by atoms with Crippen LogP contribution in [0.4, 0.5) is 11.4 Å². The Morgan fingerprint density at radius 1 is 0.825 bits per heavy atom. The van der Waals surface area contributed by atoms with Gasteiger partial charge < -0.3 is 10.0 Å². The quantitative estimate of drug-likeness (QED) is 0.194. The van der Waals surface area contributed by atoms with E-state index in [2.05, 4.69) is 4.98 Å². The van der Waals surface area contributed by atoms with E-state index in [4.69, 9.17) is 11.6 Å². The van der Waals surface area contributed by atoms with Gasteiger partial charge in [-0.3, -0.25) is 19.4 Å². The van der Waals surface area contributed by atoms with E-state index in [1.165, 1.54) is 29.5 Å². The molecule has 5 rings (SSSR count). The molecule has 0 saturated heterocycles. The van der Waals surface area contributed by atoms with Crippen LogP contribution in [0, 0.1) is 0 Å². The van der Waals surface area contributed by atoms with E-state index < -0.39 is 17.7 Å². The molecule has 5 aromatic rings. The van der Waals surface area contributed by atoms with Crippen LogP contribution in [0.2, 0.25) is 5.02 Å². The van der Waals surface area contributed by atoms with Gasteiger partial charge in [-0.15, -0.1) is 11.3 Å². The average molecular weight is 567 g/mol.